The van der Waals surface area contributed by atoms with Gasteiger partial charge in [0.2, 0.25) is 0 Å². The van der Waals surface area contributed by atoms with Gasteiger partial charge in [-0.05, 0) is 48.9 Å². The Balaban J connectivity index is 2.17. The van der Waals surface area contributed by atoms with Crippen LogP contribution in [-0.4, -0.2) is 12.5 Å². The fraction of sp³-hybridized carbons (Fsp3) is 0.167. The molecule has 0 aromatic heterocycles. The van der Waals surface area contributed by atoms with E-state index in [-0.39, 0.29) is 11.3 Å². The van der Waals surface area contributed by atoms with Gasteiger partial charge < -0.3 is 10.1 Å². The Bertz CT molecular complexity index is 803. The third-order valence-corrected chi connectivity index (χ3v) is 3.44. The highest BCUT2D eigenvalue weighted by Crippen LogP contribution is 2.36. The summed E-state index contributed by atoms with van der Waals surface area (Å²) in [5.74, 6) is -0.0982. The Kier molecular flexibility index (Phi) is 5.74. The molecule has 1 amide bonds. The zero-order valence-corrected chi connectivity index (χ0v) is 14.0. The number of benzene rings is 2. The van der Waals surface area contributed by atoms with Crippen molar-refractivity contribution in [2.24, 2.45) is 0 Å². The molecule has 2 aromatic carbocycles. The van der Waals surface area contributed by atoms with Crippen molar-refractivity contribution in [3.63, 3.8) is 0 Å². The normalized spacial score (nSPS) is 11.1. The van der Waals surface area contributed by atoms with E-state index in [1.807, 2.05) is 0 Å². The topological polar surface area (TPSA) is 38.3 Å². The van der Waals surface area contributed by atoms with E-state index in [1.165, 1.54) is 18.2 Å². The van der Waals surface area contributed by atoms with E-state index in [0.29, 0.717) is 12.4 Å². The molecule has 0 aliphatic rings. The first-order valence-corrected chi connectivity index (χ1v) is 7.60. The van der Waals surface area contributed by atoms with Crippen molar-refractivity contribution in [2.75, 3.05) is 11.9 Å². The molecule has 0 fully saturated rings. The third-order valence-electron chi connectivity index (χ3n) is 3.11. The zero-order valence-electron chi connectivity index (χ0n) is 13.3. The van der Waals surface area contributed by atoms with E-state index in [0.717, 1.165) is 17.7 Å². The summed E-state index contributed by atoms with van der Waals surface area (Å²) >= 11 is 5.56. The highest BCUT2D eigenvalue weighted by atomic mass is 35.5. The summed E-state index contributed by atoms with van der Waals surface area (Å²) in [7, 11) is 0. The molecule has 2 aromatic rings. The zero-order chi connectivity index (χ0) is 18.6. The van der Waals surface area contributed by atoms with Gasteiger partial charge in [0.25, 0.3) is 5.91 Å². The maximum Gasteiger partial charge on any atom is 0.417 e. The maximum absolute atomic E-state index is 12.9. The minimum absolute atomic E-state index is 0.00465. The largest absolute Gasteiger partial charge is 0.489 e. The monoisotopic (exact) mass is 369 g/mol. The molecule has 0 aliphatic carbocycles. The summed E-state index contributed by atoms with van der Waals surface area (Å²) in [5, 5.41) is 1.99. The fourth-order valence-electron chi connectivity index (χ4n) is 1.96. The molecular weight excluding hydrogens is 355 g/mol. The first-order valence-electron chi connectivity index (χ1n) is 7.22. The van der Waals surface area contributed by atoms with Crippen molar-refractivity contribution in [1.29, 1.82) is 0 Å². The second-order valence-electron chi connectivity index (χ2n) is 5.42. The lowest BCUT2D eigenvalue weighted by Crippen LogP contribution is -2.13. The van der Waals surface area contributed by atoms with Gasteiger partial charge in [-0.1, -0.05) is 24.2 Å². The predicted molar refractivity (Wildman–Crippen MR) is 91.2 cm³/mol. The van der Waals surface area contributed by atoms with Crippen LogP contribution in [0.4, 0.5) is 18.9 Å². The first-order chi connectivity index (χ1) is 11.7. The molecular formula is C18H15ClF3NO2. The average molecular weight is 370 g/mol. The minimum atomic E-state index is -4.60. The van der Waals surface area contributed by atoms with Crippen LogP contribution in [0.2, 0.25) is 5.02 Å². The van der Waals surface area contributed by atoms with E-state index in [2.05, 4.69) is 11.9 Å². The number of ether oxygens (including phenoxy) is 1. The standard InChI is InChI=1S/C18H15ClF3NO2/c1-11(2)10-25-14-5-3-4-12(8-14)17(24)23-13-6-7-16(19)15(9-13)18(20,21)22/h3-9H,1,10H2,2H3,(H,23,24). The smallest absolute Gasteiger partial charge is 0.417 e. The highest BCUT2D eigenvalue weighted by Gasteiger charge is 2.33. The van der Waals surface area contributed by atoms with Crippen LogP contribution in [0, 0.1) is 0 Å². The van der Waals surface area contributed by atoms with Crippen molar-refractivity contribution in [3.8, 4) is 5.75 Å². The van der Waals surface area contributed by atoms with E-state index in [4.69, 9.17) is 16.3 Å². The molecule has 0 spiro atoms. The number of alkyl halides is 3. The molecule has 0 aliphatic heterocycles. The molecule has 0 atom stereocenters. The van der Waals surface area contributed by atoms with Crippen LogP contribution in [0.5, 0.6) is 5.75 Å². The number of anilines is 1. The highest BCUT2D eigenvalue weighted by molar-refractivity contribution is 6.31. The summed E-state index contributed by atoms with van der Waals surface area (Å²) < 4.78 is 44.1. The van der Waals surface area contributed by atoms with Gasteiger partial charge in [0.1, 0.15) is 12.4 Å². The molecule has 1 N–H and O–H groups in total. The van der Waals surface area contributed by atoms with Crippen LogP contribution in [0.3, 0.4) is 0 Å². The van der Waals surface area contributed by atoms with Crippen molar-refractivity contribution in [3.05, 3.63) is 70.8 Å². The molecule has 25 heavy (non-hydrogen) atoms. The van der Waals surface area contributed by atoms with Gasteiger partial charge in [-0.2, -0.15) is 13.2 Å². The van der Waals surface area contributed by atoms with Crippen LogP contribution >= 0.6 is 11.6 Å². The summed E-state index contributed by atoms with van der Waals surface area (Å²) in [5.41, 5.74) is 0.0546. The lowest BCUT2D eigenvalue weighted by Gasteiger charge is -2.12. The third kappa shape index (κ3) is 5.26. The number of hydrogen-bond acceptors (Lipinski definition) is 2. The maximum atomic E-state index is 12.9. The Labute approximate surface area is 148 Å². The number of carbonyl (C=O) groups is 1. The predicted octanol–water partition coefficient (Wildman–Crippen LogP) is 5.57. The quantitative estimate of drug-likeness (QED) is 0.700. The van der Waals surface area contributed by atoms with Gasteiger partial charge in [0.05, 0.1) is 10.6 Å². The van der Waals surface area contributed by atoms with Crippen LogP contribution in [0.1, 0.15) is 22.8 Å². The number of carbonyl (C=O) groups excluding carboxylic acids is 1. The Morgan fingerprint density at radius 3 is 2.60 bits per heavy atom. The van der Waals surface area contributed by atoms with Gasteiger partial charge in [0.15, 0.2) is 0 Å². The number of nitrogens with one attached hydrogen (secondary N) is 1. The van der Waals surface area contributed by atoms with Crippen LogP contribution < -0.4 is 10.1 Å². The molecule has 0 bridgehead atoms. The summed E-state index contributed by atoms with van der Waals surface area (Å²) in [6.45, 7) is 5.82. The van der Waals surface area contributed by atoms with E-state index in [1.54, 1.807) is 19.1 Å². The van der Waals surface area contributed by atoms with E-state index < -0.39 is 22.7 Å². The summed E-state index contributed by atoms with van der Waals surface area (Å²) in [4.78, 5) is 12.3. The van der Waals surface area contributed by atoms with E-state index >= 15 is 0 Å². The second kappa shape index (κ2) is 7.61. The molecule has 3 nitrogen and oxygen atoms in total. The van der Waals surface area contributed by atoms with Gasteiger partial charge >= 0.3 is 6.18 Å². The molecule has 0 saturated heterocycles. The number of rotatable bonds is 5. The molecule has 132 valence electrons. The number of hydrogen-bond donors (Lipinski definition) is 1. The SMILES string of the molecule is C=C(C)COc1cccc(C(=O)Nc2ccc(Cl)c(C(F)(F)F)c2)c1. The van der Waals surface area contributed by atoms with Gasteiger partial charge in [-0.3, -0.25) is 4.79 Å². The lowest BCUT2D eigenvalue weighted by molar-refractivity contribution is -0.137. The van der Waals surface area contributed by atoms with Gasteiger partial charge in [-0.25, -0.2) is 0 Å². The van der Waals surface area contributed by atoms with Crippen molar-refractivity contribution >= 4 is 23.2 Å². The number of amides is 1. The summed E-state index contributed by atoms with van der Waals surface area (Å²) in [6, 6.07) is 9.50. The number of halogens is 4. The van der Waals surface area contributed by atoms with Crippen LogP contribution in [0.25, 0.3) is 0 Å². The molecule has 2 rings (SSSR count). The molecule has 0 unspecified atom stereocenters. The Morgan fingerprint density at radius 2 is 1.96 bits per heavy atom. The molecule has 0 saturated carbocycles. The average Bonchev–Trinajstić information content (AvgIpc) is 2.54. The minimum Gasteiger partial charge on any atom is -0.489 e. The van der Waals surface area contributed by atoms with Gasteiger partial charge in [-0.15, -0.1) is 0 Å². The van der Waals surface area contributed by atoms with Gasteiger partial charge in [0, 0.05) is 11.3 Å². The Hall–Kier alpha value is -2.47. The van der Waals surface area contributed by atoms with E-state index in [9.17, 15) is 18.0 Å². The van der Waals surface area contributed by atoms with Crippen LogP contribution in [-0.2, 0) is 6.18 Å². The molecule has 0 radical (unpaired) electrons. The summed E-state index contributed by atoms with van der Waals surface area (Å²) in [6.07, 6.45) is -4.60. The fourth-order valence-corrected chi connectivity index (χ4v) is 2.18. The van der Waals surface area contributed by atoms with Crippen molar-refractivity contribution < 1.29 is 22.7 Å². The molecule has 7 heteroatoms. The second-order valence-corrected chi connectivity index (χ2v) is 5.83. The van der Waals surface area contributed by atoms with Crippen molar-refractivity contribution in [2.45, 2.75) is 13.1 Å². The Morgan fingerprint density at radius 1 is 1.24 bits per heavy atom. The molecule has 0 heterocycles. The van der Waals surface area contributed by atoms with Crippen molar-refractivity contribution in [1.82, 2.24) is 0 Å². The first kappa shape index (κ1) is 18.9. The lowest BCUT2D eigenvalue weighted by atomic mass is 10.1. The van der Waals surface area contributed by atoms with Crippen LogP contribution in [0.15, 0.2) is 54.6 Å².